The van der Waals surface area contributed by atoms with Crippen LogP contribution in [0.1, 0.15) is 31.9 Å². The Morgan fingerprint density at radius 3 is 2.74 bits per heavy atom. The van der Waals surface area contributed by atoms with Gasteiger partial charge in [0.05, 0.1) is 17.5 Å². The fourth-order valence-corrected chi connectivity index (χ4v) is 2.31. The van der Waals surface area contributed by atoms with Crippen molar-refractivity contribution >= 4 is 22.4 Å². The van der Waals surface area contributed by atoms with Gasteiger partial charge in [-0.2, -0.15) is 0 Å². The number of rotatable bonds is 5. The molecule has 0 atom stereocenters. The summed E-state index contributed by atoms with van der Waals surface area (Å²) in [6, 6.07) is 5.26. The molecule has 1 heterocycles. The Kier molecular flexibility index (Phi) is 4.48. The SMILES string of the molecule is CCCCCc1cc2cc(OC)c(Cl)cc2c(=O)o1. The molecule has 0 N–H and O–H groups in total. The number of halogens is 1. The van der Waals surface area contributed by atoms with Crippen LogP contribution in [0, 0.1) is 0 Å². The highest BCUT2D eigenvalue weighted by atomic mass is 35.5. The molecular weight excluding hydrogens is 264 g/mol. The summed E-state index contributed by atoms with van der Waals surface area (Å²) in [6.07, 6.45) is 4.08. The summed E-state index contributed by atoms with van der Waals surface area (Å²) in [5.74, 6) is 1.29. The van der Waals surface area contributed by atoms with E-state index in [-0.39, 0.29) is 5.63 Å². The third kappa shape index (κ3) is 3.10. The average molecular weight is 281 g/mol. The van der Waals surface area contributed by atoms with Crippen LogP contribution in [-0.4, -0.2) is 7.11 Å². The number of hydrogen-bond acceptors (Lipinski definition) is 3. The van der Waals surface area contributed by atoms with Crippen LogP contribution in [0.3, 0.4) is 0 Å². The summed E-state index contributed by atoms with van der Waals surface area (Å²) in [4.78, 5) is 11.9. The normalized spacial score (nSPS) is 10.9. The van der Waals surface area contributed by atoms with E-state index in [0.29, 0.717) is 16.2 Å². The van der Waals surface area contributed by atoms with Gasteiger partial charge in [-0.1, -0.05) is 31.4 Å². The molecule has 19 heavy (non-hydrogen) atoms. The maximum Gasteiger partial charge on any atom is 0.343 e. The Bertz CT molecular complexity index is 631. The molecule has 102 valence electrons. The predicted octanol–water partition coefficient (Wildman–Crippen LogP) is 4.19. The van der Waals surface area contributed by atoms with E-state index in [9.17, 15) is 4.79 Å². The van der Waals surface area contributed by atoms with Crippen LogP contribution in [0.4, 0.5) is 0 Å². The first-order chi connectivity index (χ1) is 9.15. The van der Waals surface area contributed by atoms with E-state index in [1.165, 1.54) is 0 Å². The van der Waals surface area contributed by atoms with Gasteiger partial charge in [-0.25, -0.2) is 4.79 Å². The largest absolute Gasteiger partial charge is 0.495 e. The smallest absolute Gasteiger partial charge is 0.343 e. The Labute approximate surface area is 117 Å². The number of ether oxygens (including phenoxy) is 1. The summed E-state index contributed by atoms with van der Waals surface area (Å²) in [5, 5.41) is 1.72. The molecule has 0 bridgehead atoms. The van der Waals surface area contributed by atoms with Crippen LogP contribution < -0.4 is 10.4 Å². The van der Waals surface area contributed by atoms with E-state index in [1.807, 2.05) is 6.07 Å². The van der Waals surface area contributed by atoms with Crippen molar-refractivity contribution in [3.63, 3.8) is 0 Å². The highest BCUT2D eigenvalue weighted by Gasteiger charge is 2.09. The van der Waals surface area contributed by atoms with Crippen molar-refractivity contribution in [1.82, 2.24) is 0 Å². The molecule has 0 saturated carbocycles. The van der Waals surface area contributed by atoms with Crippen molar-refractivity contribution in [3.8, 4) is 5.75 Å². The quantitative estimate of drug-likeness (QED) is 0.771. The Morgan fingerprint density at radius 2 is 2.05 bits per heavy atom. The van der Waals surface area contributed by atoms with Gasteiger partial charge in [0.2, 0.25) is 0 Å². The number of benzene rings is 1. The molecule has 2 rings (SSSR count). The van der Waals surface area contributed by atoms with E-state index in [2.05, 4.69) is 6.92 Å². The summed E-state index contributed by atoms with van der Waals surface area (Å²) < 4.78 is 10.5. The van der Waals surface area contributed by atoms with Crippen molar-refractivity contribution in [2.75, 3.05) is 7.11 Å². The first-order valence-electron chi connectivity index (χ1n) is 6.46. The monoisotopic (exact) mass is 280 g/mol. The molecule has 1 aromatic heterocycles. The molecule has 1 aromatic carbocycles. The van der Waals surface area contributed by atoms with Gasteiger partial charge in [0, 0.05) is 6.42 Å². The second-order valence-corrected chi connectivity index (χ2v) is 4.94. The summed E-state index contributed by atoms with van der Waals surface area (Å²) in [5.41, 5.74) is -0.339. The van der Waals surface area contributed by atoms with Gasteiger partial charge in [-0.3, -0.25) is 0 Å². The van der Waals surface area contributed by atoms with Crippen LogP contribution in [0.25, 0.3) is 10.8 Å². The highest BCUT2D eigenvalue weighted by molar-refractivity contribution is 6.32. The zero-order chi connectivity index (χ0) is 13.8. The van der Waals surface area contributed by atoms with E-state index in [4.69, 9.17) is 20.8 Å². The van der Waals surface area contributed by atoms with E-state index in [0.717, 1.165) is 36.8 Å². The highest BCUT2D eigenvalue weighted by Crippen LogP contribution is 2.29. The first-order valence-corrected chi connectivity index (χ1v) is 6.83. The van der Waals surface area contributed by atoms with Gasteiger partial charge in [0.1, 0.15) is 11.5 Å². The number of methoxy groups -OCH3 is 1. The maximum absolute atomic E-state index is 11.9. The minimum atomic E-state index is -0.339. The van der Waals surface area contributed by atoms with Crippen molar-refractivity contribution in [1.29, 1.82) is 0 Å². The van der Waals surface area contributed by atoms with Gasteiger partial charge in [0.25, 0.3) is 0 Å². The van der Waals surface area contributed by atoms with Crippen molar-refractivity contribution in [2.24, 2.45) is 0 Å². The van der Waals surface area contributed by atoms with E-state index >= 15 is 0 Å². The Balaban J connectivity index is 2.43. The molecule has 0 unspecified atom stereocenters. The maximum atomic E-state index is 11.9. The van der Waals surface area contributed by atoms with E-state index in [1.54, 1.807) is 19.2 Å². The topological polar surface area (TPSA) is 39.4 Å². The molecule has 0 aliphatic carbocycles. The molecule has 0 radical (unpaired) electrons. The lowest BCUT2D eigenvalue weighted by molar-refractivity contribution is 0.415. The lowest BCUT2D eigenvalue weighted by Gasteiger charge is -2.06. The lowest BCUT2D eigenvalue weighted by atomic mass is 10.1. The van der Waals surface area contributed by atoms with Crippen LogP contribution in [0.5, 0.6) is 5.75 Å². The second-order valence-electron chi connectivity index (χ2n) is 4.53. The lowest BCUT2D eigenvalue weighted by Crippen LogP contribution is -2.03. The molecule has 2 aromatic rings. The summed E-state index contributed by atoms with van der Waals surface area (Å²) in [7, 11) is 1.56. The number of aryl methyl sites for hydroxylation is 1. The van der Waals surface area contributed by atoms with Crippen LogP contribution in [0.2, 0.25) is 5.02 Å². The van der Waals surface area contributed by atoms with Crippen LogP contribution in [-0.2, 0) is 6.42 Å². The van der Waals surface area contributed by atoms with Gasteiger partial charge >= 0.3 is 5.63 Å². The zero-order valence-electron chi connectivity index (χ0n) is 11.2. The fourth-order valence-electron chi connectivity index (χ4n) is 2.07. The van der Waals surface area contributed by atoms with Gasteiger partial charge in [-0.15, -0.1) is 0 Å². The molecule has 0 fully saturated rings. The second kappa shape index (κ2) is 6.11. The molecular formula is C15H17ClO3. The standard InChI is InChI=1S/C15H17ClO3/c1-3-4-5-6-11-7-10-8-14(18-2)13(16)9-12(10)15(17)19-11/h7-9H,3-6H2,1-2H3. The molecule has 0 spiro atoms. The van der Waals surface area contributed by atoms with Gasteiger partial charge < -0.3 is 9.15 Å². The van der Waals surface area contributed by atoms with Gasteiger partial charge in [-0.05, 0) is 30.0 Å². The van der Waals surface area contributed by atoms with Crippen molar-refractivity contribution in [2.45, 2.75) is 32.6 Å². The first kappa shape index (κ1) is 13.9. The van der Waals surface area contributed by atoms with Crippen LogP contribution in [0.15, 0.2) is 27.4 Å². The minimum absolute atomic E-state index is 0.339. The molecule has 3 nitrogen and oxygen atoms in total. The molecule has 0 aliphatic rings. The molecule has 0 aliphatic heterocycles. The van der Waals surface area contributed by atoms with Crippen LogP contribution >= 0.6 is 11.6 Å². The summed E-state index contributed by atoms with van der Waals surface area (Å²) in [6.45, 7) is 2.14. The van der Waals surface area contributed by atoms with Crippen molar-refractivity contribution in [3.05, 3.63) is 39.4 Å². The number of hydrogen-bond donors (Lipinski definition) is 0. The average Bonchev–Trinajstić information content (AvgIpc) is 2.39. The Hall–Kier alpha value is -1.48. The Morgan fingerprint density at radius 1 is 1.26 bits per heavy atom. The third-order valence-electron chi connectivity index (χ3n) is 3.11. The van der Waals surface area contributed by atoms with Crippen molar-refractivity contribution < 1.29 is 9.15 Å². The number of unbranched alkanes of at least 4 members (excludes halogenated alkanes) is 2. The third-order valence-corrected chi connectivity index (χ3v) is 3.41. The van der Waals surface area contributed by atoms with Gasteiger partial charge in [0.15, 0.2) is 0 Å². The zero-order valence-corrected chi connectivity index (χ0v) is 11.9. The minimum Gasteiger partial charge on any atom is -0.495 e. The molecule has 0 saturated heterocycles. The van der Waals surface area contributed by atoms with E-state index < -0.39 is 0 Å². The molecule has 0 amide bonds. The number of fused-ring (bicyclic) bond motifs is 1. The predicted molar refractivity (Wildman–Crippen MR) is 77.3 cm³/mol. The summed E-state index contributed by atoms with van der Waals surface area (Å²) >= 11 is 6.01. The molecule has 4 heteroatoms. The fraction of sp³-hybridized carbons (Fsp3) is 0.400.